The minimum atomic E-state index is -0.446. The van der Waals surface area contributed by atoms with Gasteiger partial charge in [0.05, 0.1) is 26.4 Å². The van der Waals surface area contributed by atoms with E-state index in [1.807, 2.05) is 0 Å². The number of nitrogens with zero attached hydrogens (tertiary/aromatic N) is 10. The lowest BCUT2D eigenvalue weighted by Crippen LogP contribution is -2.91. The lowest BCUT2D eigenvalue weighted by molar-refractivity contribution is -0.481. The average Bonchev–Trinajstić information content (AvgIpc) is 4.07. The first-order valence-corrected chi connectivity index (χ1v) is 28.4. The molecule has 17 heteroatoms. The highest BCUT2D eigenvalue weighted by Gasteiger charge is 2.74. The first-order valence-electron chi connectivity index (χ1n) is 24.1. The van der Waals surface area contributed by atoms with Crippen LogP contribution >= 0.6 is 47.0 Å². The number of piperidine rings is 2. The number of hydroxylamine groups is 4. The molecule has 59 heavy (non-hydrogen) atoms. The van der Waals surface area contributed by atoms with Gasteiger partial charge in [0.25, 0.3) is 0 Å². The Labute approximate surface area is 373 Å². The number of ether oxygens (including phenoxy) is 2. The van der Waals surface area contributed by atoms with Gasteiger partial charge >= 0.3 is 0 Å². The van der Waals surface area contributed by atoms with Gasteiger partial charge in [-0.2, -0.15) is 23.5 Å². The summed E-state index contributed by atoms with van der Waals surface area (Å²) < 4.78 is 12.4. The van der Waals surface area contributed by atoms with Crippen LogP contribution in [-0.4, -0.2) is 250 Å². The second kappa shape index (κ2) is 19.8. The summed E-state index contributed by atoms with van der Waals surface area (Å²) >= 11 is 8.87. The average molecular weight is 897 g/mol. The van der Waals surface area contributed by atoms with Crippen LogP contribution in [0.15, 0.2) is 0 Å². The fraction of sp³-hybridized carbons (Fsp3) is 1.00. The molecule has 10 aliphatic rings. The maximum atomic E-state index is 8.46. The molecule has 0 aliphatic carbocycles. The van der Waals surface area contributed by atoms with E-state index < -0.39 is 11.6 Å². The predicted octanol–water partition coefficient (Wildman–Crippen LogP) is 3.47. The molecule has 13 nitrogen and oxygen atoms in total. The Morgan fingerprint density at radius 2 is 0.610 bits per heavy atom. The minimum absolute atomic E-state index is 0.283. The normalized spacial score (nSPS) is 40.3. The van der Waals surface area contributed by atoms with E-state index in [0.29, 0.717) is 0 Å². The molecule has 4 unspecified atom stereocenters. The van der Waals surface area contributed by atoms with Crippen LogP contribution < -0.4 is 0 Å². The highest BCUT2D eigenvalue weighted by molar-refractivity contribution is 8.01. The molecule has 0 N–H and O–H groups in total. The summed E-state index contributed by atoms with van der Waals surface area (Å²) in [5, 5.41) is 5.41. The van der Waals surface area contributed by atoms with Gasteiger partial charge in [0.15, 0.2) is 21.6 Å². The molecule has 10 saturated heterocycles. The summed E-state index contributed by atoms with van der Waals surface area (Å²) in [6.07, 6.45) is 12.8. The van der Waals surface area contributed by atoms with Crippen LogP contribution in [0.3, 0.4) is 0 Å². The Kier molecular flexibility index (Phi) is 14.7. The second-order valence-electron chi connectivity index (χ2n) is 18.4. The Hall–Kier alpha value is 0.880. The first-order chi connectivity index (χ1) is 29.3. The van der Waals surface area contributed by atoms with Crippen molar-refractivity contribution in [3.8, 4) is 0 Å². The zero-order chi connectivity index (χ0) is 39.6. The highest BCUT2D eigenvalue weighted by Crippen LogP contribution is 2.58. The molecule has 4 atom stereocenters. The maximum absolute atomic E-state index is 8.46. The third-order valence-electron chi connectivity index (χ3n) is 15.4. The number of morpholine rings is 2. The van der Waals surface area contributed by atoms with Gasteiger partial charge in [-0.3, -0.25) is 39.2 Å². The molecule has 10 fully saturated rings. The minimum Gasteiger partial charge on any atom is -0.379 e. The van der Waals surface area contributed by atoms with Crippen molar-refractivity contribution < 1.29 is 14.4 Å². The third kappa shape index (κ3) is 7.55. The SMILES string of the molecule is C1CCN(C2(N3CCCC3)N(ON3CCSC(N4CCOCC4)(N4CCSCC4)C3(N3CCCCC3)N3CCCC3)CCSC2(N2CCOCC2)N2CCSCC2)CC1. The van der Waals surface area contributed by atoms with Gasteiger partial charge in [-0.1, -0.05) is 12.8 Å². The van der Waals surface area contributed by atoms with E-state index in [9.17, 15) is 0 Å². The quantitative estimate of drug-likeness (QED) is 0.322. The molecular weight excluding hydrogens is 821 g/mol. The van der Waals surface area contributed by atoms with E-state index in [-0.39, 0.29) is 9.99 Å². The highest BCUT2D eigenvalue weighted by atomic mass is 32.2. The Balaban J connectivity index is 1.17. The smallest absolute Gasteiger partial charge is 0.198 e. The summed E-state index contributed by atoms with van der Waals surface area (Å²) in [5.74, 6) is 6.05. The summed E-state index contributed by atoms with van der Waals surface area (Å²) in [5.41, 5.74) is 0. The van der Waals surface area contributed by atoms with Crippen LogP contribution in [0.4, 0.5) is 0 Å². The van der Waals surface area contributed by atoms with E-state index in [1.165, 1.54) is 87.2 Å². The number of thioether (sulfide) groups is 4. The summed E-state index contributed by atoms with van der Waals surface area (Å²) in [4.78, 5) is 31.7. The molecule has 0 saturated carbocycles. The molecule has 0 bridgehead atoms. The first kappa shape index (κ1) is 43.8. The zero-order valence-electron chi connectivity index (χ0n) is 36.2. The van der Waals surface area contributed by atoms with Gasteiger partial charge in [0, 0.05) is 152 Å². The molecule has 10 heterocycles. The standard InChI is InChI=1S/C42H76N10O3S4/c1-3-11-43(12-4-1)39(45-15-7-8-16-45)41(47-19-29-53-30-20-47,49-23-33-56-34-24-49)58-37-27-51(39)55-52-28-38-59-42(48-21-31-54-32-22-48,50-25-35-57-36-26-50)40(52,46-17-9-10-18-46)44-13-5-2-6-14-44/h1-38H2. The van der Waals surface area contributed by atoms with Gasteiger partial charge in [-0.15, -0.1) is 33.7 Å². The van der Waals surface area contributed by atoms with Crippen molar-refractivity contribution in [1.29, 1.82) is 0 Å². The third-order valence-corrected chi connectivity index (χ3v) is 20.5. The van der Waals surface area contributed by atoms with Crippen molar-refractivity contribution in [3.05, 3.63) is 0 Å². The van der Waals surface area contributed by atoms with Crippen molar-refractivity contribution in [2.45, 2.75) is 85.8 Å². The van der Waals surface area contributed by atoms with Crippen LogP contribution in [0.25, 0.3) is 0 Å². The van der Waals surface area contributed by atoms with Gasteiger partial charge in [-0.05, 0) is 51.4 Å². The van der Waals surface area contributed by atoms with Gasteiger partial charge < -0.3 is 9.47 Å². The van der Waals surface area contributed by atoms with Crippen LogP contribution in [0.2, 0.25) is 0 Å². The predicted molar refractivity (Wildman–Crippen MR) is 245 cm³/mol. The zero-order valence-corrected chi connectivity index (χ0v) is 39.5. The van der Waals surface area contributed by atoms with Crippen LogP contribution in [0, 0.1) is 0 Å². The van der Waals surface area contributed by atoms with E-state index in [2.05, 4.69) is 96.4 Å². The van der Waals surface area contributed by atoms with Crippen LogP contribution in [0.1, 0.15) is 64.2 Å². The Bertz CT molecular complexity index is 1200. The monoisotopic (exact) mass is 896 g/mol. The molecule has 10 aliphatic heterocycles. The van der Waals surface area contributed by atoms with Crippen molar-refractivity contribution in [2.75, 3.05) is 179 Å². The largest absolute Gasteiger partial charge is 0.379 e. The Morgan fingerprint density at radius 3 is 0.949 bits per heavy atom. The maximum Gasteiger partial charge on any atom is 0.198 e. The van der Waals surface area contributed by atoms with Gasteiger partial charge in [-0.25, -0.2) is 4.94 Å². The van der Waals surface area contributed by atoms with Crippen molar-refractivity contribution >= 4 is 47.0 Å². The fourth-order valence-corrected chi connectivity index (χ4v) is 18.5. The van der Waals surface area contributed by atoms with E-state index in [4.69, 9.17) is 14.4 Å². The molecule has 0 spiro atoms. The number of rotatable bonds is 10. The molecule has 0 aromatic rings. The summed E-state index contributed by atoms with van der Waals surface area (Å²) in [7, 11) is 0. The van der Waals surface area contributed by atoms with Crippen molar-refractivity contribution in [2.24, 2.45) is 0 Å². The summed E-state index contributed by atoms with van der Waals surface area (Å²) in [6, 6.07) is 0. The van der Waals surface area contributed by atoms with E-state index in [1.54, 1.807) is 0 Å². The molecule has 10 rings (SSSR count). The number of hydrogen-bond donors (Lipinski definition) is 0. The molecular formula is C42H76N10O3S4. The van der Waals surface area contributed by atoms with Crippen molar-refractivity contribution in [3.63, 3.8) is 0 Å². The van der Waals surface area contributed by atoms with Crippen LogP contribution in [-0.2, 0) is 14.4 Å². The van der Waals surface area contributed by atoms with E-state index in [0.717, 1.165) is 156 Å². The lowest BCUT2D eigenvalue weighted by atomic mass is 10.0. The fourth-order valence-electron chi connectivity index (χ4n) is 13.1. The van der Waals surface area contributed by atoms with Crippen LogP contribution in [0.5, 0.6) is 0 Å². The summed E-state index contributed by atoms with van der Waals surface area (Å²) in [6.45, 7) is 22.6. The van der Waals surface area contributed by atoms with Gasteiger partial charge in [0.2, 0.25) is 0 Å². The van der Waals surface area contributed by atoms with Crippen molar-refractivity contribution in [1.82, 2.24) is 49.3 Å². The topological polar surface area (TPSA) is 60.1 Å². The Morgan fingerprint density at radius 1 is 0.305 bits per heavy atom. The lowest BCUT2D eigenvalue weighted by Gasteiger charge is -2.73. The number of hydrogen-bond acceptors (Lipinski definition) is 17. The molecule has 336 valence electrons. The molecule has 0 aromatic heterocycles. The molecule has 0 radical (unpaired) electrons. The molecule has 0 amide bonds. The number of likely N-dealkylation sites (tertiary alicyclic amines) is 4. The van der Waals surface area contributed by atoms with Gasteiger partial charge in [0.1, 0.15) is 0 Å². The van der Waals surface area contributed by atoms with E-state index >= 15 is 0 Å². The molecule has 0 aromatic carbocycles. The second-order valence-corrected chi connectivity index (χ2v) is 23.3.